The minimum Gasteiger partial charge on any atom is -0.494 e. The van der Waals surface area contributed by atoms with E-state index in [2.05, 4.69) is 17.4 Å². The summed E-state index contributed by atoms with van der Waals surface area (Å²) < 4.78 is 11.9. The van der Waals surface area contributed by atoms with Crippen LogP contribution >= 0.6 is 23.2 Å². The second kappa shape index (κ2) is 10.8. The van der Waals surface area contributed by atoms with E-state index in [1.165, 1.54) is 0 Å². The summed E-state index contributed by atoms with van der Waals surface area (Å²) in [6.45, 7) is 4.34. The summed E-state index contributed by atoms with van der Waals surface area (Å²) in [7, 11) is 0. The maximum atomic E-state index is 13.5. The molecule has 2 aliphatic rings. The van der Waals surface area contributed by atoms with Gasteiger partial charge in [0.1, 0.15) is 5.75 Å². The number of hydrogen-bond acceptors (Lipinski definition) is 6. The topological polar surface area (TPSA) is 92.2 Å². The molecule has 4 rings (SSSR count). The van der Waals surface area contributed by atoms with Gasteiger partial charge in [-0.1, -0.05) is 35.3 Å². The Morgan fingerprint density at radius 1 is 1.26 bits per heavy atom. The zero-order chi connectivity index (χ0) is 24.1. The van der Waals surface area contributed by atoms with E-state index in [1.807, 2.05) is 12.1 Å². The van der Waals surface area contributed by atoms with E-state index >= 15 is 0 Å². The van der Waals surface area contributed by atoms with Crippen LogP contribution in [0.5, 0.6) is 5.75 Å². The van der Waals surface area contributed by atoms with Crippen LogP contribution in [0.25, 0.3) is 0 Å². The molecular formula is C25H27Cl2N3O4. The van der Waals surface area contributed by atoms with Gasteiger partial charge in [-0.2, -0.15) is 0 Å². The first-order valence-corrected chi connectivity index (χ1v) is 11.9. The quantitative estimate of drug-likeness (QED) is 0.240. The molecule has 2 atom stereocenters. The monoisotopic (exact) mass is 503 g/mol. The molecule has 1 aliphatic carbocycles. The van der Waals surface area contributed by atoms with Crippen LogP contribution in [0.4, 0.5) is 0 Å². The summed E-state index contributed by atoms with van der Waals surface area (Å²) in [5, 5.41) is 9.79. The molecule has 1 amide bonds. The van der Waals surface area contributed by atoms with Crippen molar-refractivity contribution < 1.29 is 19.4 Å². The van der Waals surface area contributed by atoms with E-state index < -0.39 is 11.6 Å². The van der Waals surface area contributed by atoms with Crippen LogP contribution in [-0.2, 0) is 9.53 Å². The van der Waals surface area contributed by atoms with Crippen molar-refractivity contribution in [2.75, 3.05) is 13.2 Å². The van der Waals surface area contributed by atoms with Gasteiger partial charge in [0.15, 0.2) is 11.6 Å². The van der Waals surface area contributed by atoms with Crippen LogP contribution < -0.4 is 15.6 Å². The van der Waals surface area contributed by atoms with E-state index in [9.17, 15) is 4.79 Å². The van der Waals surface area contributed by atoms with Crippen LogP contribution in [0, 0.1) is 0 Å². The summed E-state index contributed by atoms with van der Waals surface area (Å²) >= 11 is 12.6. The van der Waals surface area contributed by atoms with Gasteiger partial charge in [0.05, 0.1) is 6.61 Å². The smallest absolute Gasteiger partial charge is 0.266 e. The molecule has 0 radical (unpaired) electrons. The fourth-order valence-corrected chi connectivity index (χ4v) is 4.24. The molecule has 0 unspecified atom stereocenters. The SMILES string of the molecule is C=CC[C@]1(C(=O)NNC2CC2)N=C(c2ccc(OCCCO)cc2)O[C@H]1c1ccc(Cl)cc1Cl. The predicted molar refractivity (Wildman–Crippen MR) is 132 cm³/mol. The summed E-state index contributed by atoms with van der Waals surface area (Å²) in [5.74, 6) is 0.660. The van der Waals surface area contributed by atoms with Gasteiger partial charge in [0.2, 0.25) is 5.90 Å². The van der Waals surface area contributed by atoms with Gasteiger partial charge in [0, 0.05) is 46.7 Å². The average Bonchev–Trinajstić information content (AvgIpc) is 3.58. The zero-order valence-corrected chi connectivity index (χ0v) is 20.1. The lowest BCUT2D eigenvalue weighted by atomic mass is 9.84. The van der Waals surface area contributed by atoms with Crippen LogP contribution in [0.2, 0.25) is 10.0 Å². The lowest BCUT2D eigenvalue weighted by Gasteiger charge is -2.30. The highest BCUT2D eigenvalue weighted by atomic mass is 35.5. The summed E-state index contributed by atoms with van der Waals surface area (Å²) in [4.78, 5) is 18.3. The van der Waals surface area contributed by atoms with Crippen molar-refractivity contribution in [1.82, 2.24) is 10.9 Å². The molecule has 0 spiro atoms. The summed E-state index contributed by atoms with van der Waals surface area (Å²) in [5.41, 5.74) is 5.86. The van der Waals surface area contributed by atoms with E-state index in [4.69, 9.17) is 42.8 Å². The molecule has 3 N–H and O–H groups in total. The van der Waals surface area contributed by atoms with Crippen molar-refractivity contribution in [3.63, 3.8) is 0 Å². The average molecular weight is 504 g/mol. The second-order valence-electron chi connectivity index (χ2n) is 8.32. The summed E-state index contributed by atoms with van der Waals surface area (Å²) in [6.07, 6.45) is 3.68. The molecule has 1 heterocycles. The Morgan fingerprint density at radius 3 is 2.68 bits per heavy atom. The highest BCUT2D eigenvalue weighted by Crippen LogP contribution is 2.45. The van der Waals surface area contributed by atoms with Gasteiger partial charge >= 0.3 is 0 Å². The van der Waals surface area contributed by atoms with Crippen LogP contribution in [0.15, 0.2) is 60.1 Å². The van der Waals surface area contributed by atoms with Gasteiger partial charge < -0.3 is 14.6 Å². The van der Waals surface area contributed by atoms with E-state index in [0.29, 0.717) is 45.8 Å². The fourth-order valence-electron chi connectivity index (χ4n) is 3.73. The Labute approximate surface area is 208 Å². The minimum absolute atomic E-state index is 0.0699. The van der Waals surface area contributed by atoms with Crippen molar-refractivity contribution in [3.05, 3.63) is 76.3 Å². The van der Waals surface area contributed by atoms with Crippen molar-refractivity contribution in [2.45, 2.75) is 43.4 Å². The lowest BCUT2D eigenvalue weighted by molar-refractivity contribution is -0.129. The molecule has 7 nitrogen and oxygen atoms in total. The molecule has 34 heavy (non-hydrogen) atoms. The Bertz CT molecular complexity index is 1070. The number of hydrazine groups is 1. The van der Waals surface area contributed by atoms with Crippen LogP contribution in [-0.4, -0.2) is 41.7 Å². The third kappa shape index (κ3) is 5.39. The van der Waals surface area contributed by atoms with Gasteiger partial charge in [-0.05, 0) is 49.2 Å². The van der Waals surface area contributed by atoms with Crippen molar-refractivity contribution in [1.29, 1.82) is 0 Å². The van der Waals surface area contributed by atoms with Gasteiger partial charge in [-0.3, -0.25) is 10.2 Å². The number of rotatable bonds is 11. The molecule has 0 saturated heterocycles. The number of aliphatic hydroxyl groups excluding tert-OH is 1. The third-order valence-electron chi connectivity index (χ3n) is 5.70. The number of aliphatic imine (C=N–C) groups is 1. The number of nitrogens with one attached hydrogen (secondary N) is 2. The maximum absolute atomic E-state index is 13.5. The number of nitrogens with zero attached hydrogens (tertiary/aromatic N) is 1. The number of amides is 1. The molecule has 2 aromatic rings. The normalized spacial score (nSPS) is 21.5. The number of carbonyl (C=O) groups excluding carboxylic acids is 1. The Kier molecular flexibility index (Phi) is 7.78. The molecule has 0 bridgehead atoms. The van der Waals surface area contributed by atoms with Gasteiger partial charge in [-0.25, -0.2) is 10.4 Å². The standard InChI is InChI=1S/C25H27Cl2N3O4/c1-2-12-25(24(32)30-29-18-7-8-18)22(20-11-6-17(26)15-21(20)27)34-23(28-25)16-4-9-19(10-5-16)33-14-3-13-31/h2,4-6,9-11,15,18,22,29,31H,1,3,7-8,12-14H2,(H,30,32)/t22-,25-/m0/s1. The second-order valence-corrected chi connectivity index (χ2v) is 9.16. The number of carbonyl (C=O) groups is 1. The molecule has 9 heteroatoms. The number of ether oxygens (including phenoxy) is 2. The summed E-state index contributed by atoms with van der Waals surface area (Å²) in [6, 6.07) is 12.6. The largest absolute Gasteiger partial charge is 0.494 e. The molecular weight excluding hydrogens is 477 g/mol. The molecule has 0 aromatic heterocycles. The molecule has 2 aromatic carbocycles. The van der Waals surface area contributed by atoms with Crippen molar-refractivity contribution in [2.24, 2.45) is 4.99 Å². The third-order valence-corrected chi connectivity index (χ3v) is 6.26. The van der Waals surface area contributed by atoms with E-state index in [-0.39, 0.29) is 25.0 Å². The molecule has 180 valence electrons. The molecule has 1 saturated carbocycles. The van der Waals surface area contributed by atoms with Gasteiger partial charge in [-0.15, -0.1) is 6.58 Å². The van der Waals surface area contributed by atoms with Crippen molar-refractivity contribution >= 4 is 35.0 Å². The Hall–Kier alpha value is -2.58. The molecule has 1 aliphatic heterocycles. The first-order chi connectivity index (χ1) is 16.5. The predicted octanol–water partition coefficient (Wildman–Crippen LogP) is 4.37. The van der Waals surface area contributed by atoms with Crippen LogP contribution in [0.3, 0.4) is 0 Å². The number of halogens is 2. The van der Waals surface area contributed by atoms with Crippen molar-refractivity contribution in [3.8, 4) is 5.75 Å². The molecule has 1 fully saturated rings. The van der Waals surface area contributed by atoms with Crippen LogP contribution in [0.1, 0.15) is 42.9 Å². The first-order valence-electron chi connectivity index (χ1n) is 11.2. The zero-order valence-electron chi connectivity index (χ0n) is 18.6. The van der Waals surface area contributed by atoms with E-state index in [1.54, 1.807) is 36.4 Å². The Morgan fingerprint density at radius 2 is 2.03 bits per heavy atom. The fraction of sp³-hybridized carbons (Fsp3) is 0.360. The van der Waals surface area contributed by atoms with Gasteiger partial charge in [0.25, 0.3) is 5.91 Å². The highest BCUT2D eigenvalue weighted by molar-refractivity contribution is 6.35. The maximum Gasteiger partial charge on any atom is 0.266 e. The number of benzene rings is 2. The Balaban J connectivity index is 1.68. The minimum atomic E-state index is -1.31. The lowest BCUT2D eigenvalue weighted by Crippen LogP contribution is -2.53. The number of hydrogen-bond donors (Lipinski definition) is 3. The first kappa shape index (κ1) is 24.5. The highest BCUT2D eigenvalue weighted by Gasteiger charge is 2.53. The van der Waals surface area contributed by atoms with E-state index in [0.717, 1.165) is 12.8 Å². The number of aliphatic hydroxyl groups is 1.